The smallest absolute Gasteiger partial charge is 0.129 e. The van der Waals surface area contributed by atoms with E-state index < -0.39 is 0 Å². The Hall–Kier alpha value is -0.160. The van der Waals surface area contributed by atoms with Crippen molar-refractivity contribution in [2.24, 2.45) is 5.92 Å². The van der Waals surface area contributed by atoms with Gasteiger partial charge in [0.1, 0.15) is 5.82 Å². The first kappa shape index (κ1) is 14.3. The number of benzene rings is 1. The maximum atomic E-state index is 13.8. The summed E-state index contributed by atoms with van der Waals surface area (Å²) in [6.07, 6.45) is 4.89. The Labute approximate surface area is 122 Å². The number of hydrogen-bond acceptors (Lipinski definition) is 1. The number of halogens is 2. The molecule has 0 aliphatic heterocycles. The van der Waals surface area contributed by atoms with Crippen LogP contribution in [0.4, 0.5) is 4.39 Å². The quantitative estimate of drug-likeness (QED) is 0.547. The second-order valence-electron chi connectivity index (χ2n) is 5.18. The summed E-state index contributed by atoms with van der Waals surface area (Å²) >= 11 is 2.28. The van der Waals surface area contributed by atoms with Gasteiger partial charge >= 0.3 is 0 Å². The summed E-state index contributed by atoms with van der Waals surface area (Å²) < 4.78 is 20.7. The Balaban J connectivity index is 1.99. The average Bonchev–Trinajstić information content (AvgIpc) is 2.39. The van der Waals surface area contributed by atoms with Gasteiger partial charge in [-0.1, -0.05) is 47.7 Å². The van der Waals surface area contributed by atoms with Gasteiger partial charge in [-0.05, 0) is 37.7 Å². The Morgan fingerprint density at radius 1 is 1.28 bits per heavy atom. The van der Waals surface area contributed by atoms with E-state index in [0.29, 0.717) is 11.7 Å². The molecular formula is C15H20FIO. The highest BCUT2D eigenvalue weighted by molar-refractivity contribution is 14.1. The monoisotopic (exact) mass is 362 g/mol. The zero-order valence-corrected chi connectivity index (χ0v) is 12.9. The predicted molar refractivity (Wildman–Crippen MR) is 80.5 cm³/mol. The molecule has 0 aromatic heterocycles. The molecule has 1 aromatic carbocycles. The molecule has 1 atom stereocenters. The van der Waals surface area contributed by atoms with Gasteiger partial charge in [0.2, 0.25) is 0 Å². The Morgan fingerprint density at radius 2 is 1.94 bits per heavy atom. The zero-order valence-electron chi connectivity index (χ0n) is 10.7. The molecule has 0 heterocycles. The third kappa shape index (κ3) is 3.67. The predicted octanol–water partition coefficient (Wildman–Crippen LogP) is 4.90. The van der Waals surface area contributed by atoms with E-state index in [1.807, 2.05) is 12.1 Å². The molecule has 18 heavy (non-hydrogen) atoms. The molecule has 1 aromatic rings. The van der Waals surface area contributed by atoms with E-state index in [-0.39, 0.29) is 11.9 Å². The number of alkyl halides is 1. The van der Waals surface area contributed by atoms with Gasteiger partial charge in [0, 0.05) is 9.99 Å². The third-order valence-corrected chi connectivity index (χ3v) is 4.51. The molecule has 1 fully saturated rings. The topological polar surface area (TPSA) is 9.23 Å². The maximum absolute atomic E-state index is 13.8. The molecule has 1 saturated carbocycles. The minimum absolute atomic E-state index is 0.106. The fraction of sp³-hybridized carbons (Fsp3) is 0.600. The summed E-state index contributed by atoms with van der Waals surface area (Å²) in [5, 5.41) is 0. The molecular weight excluding hydrogens is 342 g/mol. The molecule has 0 bridgehead atoms. The first-order valence-electron chi connectivity index (χ1n) is 6.66. The molecule has 2 rings (SSSR count). The van der Waals surface area contributed by atoms with Gasteiger partial charge in [0.05, 0.1) is 12.2 Å². The van der Waals surface area contributed by atoms with Gasteiger partial charge in [-0.2, -0.15) is 0 Å². The first-order chi connectivity index (χ1) is 8.70. The van der Waals surface area contributed by atoms with E-state index in [1.54, 1.807) is 6.07 Å². The highest BCUT2D eigenvalue weighted by Crippen LogP contribution is 2.31. The number of hydrogen-bond donors (Lipinski definition) is 0. The van der Waals surface area contributed by atoms with Crippen molar-refractivity contribution in [1.82, 2.24) is 0 Å². The van der Waals surface area contributed by atoms with Gasteiger partial charge in [0.25, 0.3) is 0 Å². The highest BCUT2D eigenvalue weighted by Gasteiger charge is 2.23. The van der Waals surface area contributed by atoms with Crippen LogP contribution in [-0.2, 0) is 4.74 Å². The average molecular weight is 362 g/mol. The van der Waals surface area contributed by atoms with Crippen LogP contribution in [0.2, 0.25) is 0 Å². The highest BCUT2D eigenvalue weighted by atomic mass is 127. The van der Waals surface area contributed by atoms with Crippen LogP contribution < -0.4 is 0 Å². The molecule has 0 spiro atoms. The molecule has 1 unspecified atom stereocenters. The Kier molecular flexibility index (Phi) is 5.42. The molecule has 3 heteroatoms. The van der Waals surface area contributed by atoms with Gasteiger partial charge < -0.3 is 4.74 Å². The van der Waals surface area contributed by atoms with Crippen molar-refractivity contribution in [1.29, 1.82) is 0 Å². The van der Waals surface area contributed by atoms with Crippen molar-refractivity contribution in [2.45, 2.75) is 44.8 Å². The lowest BCUT2D eigenvalue weighted by molar-refractivity contribution is -0.0261. The summed E-state index contributed by atoms with van der Waals surface area (Å²) in [6.45, 7) is 2.29. The van der Waals surface area contributed by atoms with E-state index in [0.717, 1.165) is 23.2 Å². The van der Waals surface area contributed by atoms with Gasteiger partial charge in [0.15, 0.2) is 0 Å². The van der Waals surface area contributed by atoms with Crippen LogP contribution in [0.5, 0.6) is 0 Å². The third-order valence-electron chi connectivity index (χ3n) is 3.71. The van der Waals surface area contributed by atoms with Crippen LogP contribution in [0.3, 0.4) is 0 Å². The maximum Gasteiger partial charge on any atom is 0.129 e. The van der Waals surface area contributed by atoms with Crippen LogP contribution in [0.15, 0.2) is 24.3 Å². The van der Waals surface area contributed by atoms with Crippen molar-refractivity contribution in [3.8, 4) is 0 Å². The minimum atomic E-state index is -0.150. The lowest BCUT2D eigenvalue weighted by Crippen LogP contribution is -2.23. The van der Waals surface area contributed by atoms with E-state index >= 15 is 0 Å². The standard InChI is InChI=1S/C15H20FIO/c1-11-6-8-12(9-7-11)18-15(10-17)13-4-2-3-5-14(13)16/h2-5,11-12,15H,6-10H2,1H3. The van der Waals surface area contributed by atoms with Gasteiger partial charge in [-0.15, -0.1) is 0 Å². The summed E-state index contributed by atoms with van der Waals surface area (Å²) in [5.74, 6) is 0.666. The summed E-state index contributed by atoms with van der Waals surface area (Å²) in [5.41, 5.74) is 0.700. The van der Waals surface area contributed by atoms with Crippen LogP contribution in [0.1, 0.15) is 44.3 Å². The molecule has 0 N–H and O–H groups in total. The van der Waals surface area contributed by atoms with Crippen LogP contribution in [0, 0.1) is 11.7 Å². The van der Waals surface area contributed by atoms with Crippen molar-refractivity contribution < 1.29 is 9.13 Å². The number of rotatable bonds is 4. The molecule has 1 aliphatic rings. The van der Waals surface area contributed by atoms with Crippen LogP contribution in [0.25, 0.3) is 0 Å². The van der Waals surface area contributed by atoms with Crippen molar-refractivity contribution >= 4 is 22.6 Å². The molecule has 0 saturated heterocycles. The Bertz CT molecular complexity index is 375. The second-order valence-corrected chi connectivity index (χ2v) is 6.06. The largest absolute Gasteiger partial charge is 0.369 e. The fourth-order valence-electron chi connectivity index (χ4n) is 2.53. The zero-order chi connectivity index (χ0) is 13.0. The van der Waals surface area contributed by atoms with Crippen molar-refractivity contribution in [3.63, 3.8) is 0 Å². The molecule has 0 amide bonds. The Morgan fingerprint density at radius 3 is 2.56 bits per heavy atom. The van der Waals surface area contributed by atoms with Gasteiger partial charge in [-0.25, -0.2) is 4.39 Å². The van der Waals surface area contributed by atoms with Crippen molar-refractivity contribution in [2.75, 3.05) is 4.43 Å². The summed E-state index contributed by atoms with van der Waals surface area (Å²) in [6, 6.07) is 6.96. The lowest BCUT2D eigenvalue weighted by atomic mass is 9.89. The summed E-state index contributed by atoms with van der Waals surface area (Å²) in [7, 11) is 0. The SMILES string of the molecule is CC1CCC(OC(CI)c2ccccc2F)CC1. The van der Waals surface area contributed by atoms with E-state index in [4.69, 9.17) is 4.74 Å². The molecule has 0 radical (unpaired) electrons. The second kappa shape index (κ2) is 6.85. The van der Waals surface area contributed by atoms with E-state index in [1.165, 1.54) is 18.9 Å². The number of ether oxygens (including phenoxy) is 1. The molecule has 100 valence electrons. The lowest BCUT2D eigenvalue weighted by Gasteiger charge is -2.29. The molecule has 1 aliphatic carbocycles. The van der Waals surface area contributed by atoms with E-state index in [9.17, 15) is 4.39 Å². The summed E-state index contributed by atoms with van der Waals surface area (Å²) in [4.78, 5) is 0. The van der Waals surface area contributed by atoms with Gasteiger partial charge in [-0.3, -0.25) is 0 Å². The molecule has 1 nitrogen and oxygen atoms in total. The van der Waals surface area contributed by atoms with Crippen LogP contribution in [-0.4, -0.2) is 10.5 Å². The van der Waals surface area contributed by atoms with E-state index in [2.05, 4.69) is 29.5 Å². The van der Waals surface area contributed by atoms with Crippen molar-refractivity contribution in [3.05, 3.63) is 35.6 Å². The van der Waals surface area contributed by atoms with Crippen LogP contribution >= 0.6 is 22.6 Å². The fourth-order valence-corrected chi connectivity index (χ4v) is 3.21. The normalized spacial score (nSPS) is 25.9. The first-order valence-corrected chi connectivity index (χ1v) is 8.19. The minimum Gasteiger partial charge on any atom is -0.369 e.